The third-order valence-electron chi connectivity index (χ3n) is 4.88. The summed E-state index contributed by atoms with van der Waals surface area (Å²) < 4.78 is 0. The van der Waals surface area contributed by atoms with Crippen LogP contribution in [0.3, 0.4) is 0 Å². The van der Waals surface area contributed by atoms with E-state index in [1.807, 2.05) is 36.2 Å². The van der Waals surface area contributed by atoms with Crippen molar-refractivity contribution >= 4 is 28.5 Å². The summed E-state index contributed by atoms with van der Waals surface area (Å²) in [5.74, 6) is 1.98. The zero-order chi connectivity index (χ0) is 18.1. The van der Waals surface area contributed by atoms with Crippen molar-refractivity contribution < 1.29 is 4.79 Å². The maximum absolute atomic E-state index is 12.6. The van der Waals surface area contributed by atoms with Gasteiger partial charge in [-0.3, -0.25) is 4.79 Å². The first-order valence-electron chi connectivity index (χ1n) is 8.80. The number of hydrogen-bond acceptors (Lipinski definition) is 4. The molecule has 0 aliphatic carbocycles. The van der Waals surface area contributed by atoms with Gasteiger partial charge in [0.25, 0.3) is 0 Å². The highest BCUT2D eigenvalue weighted by Gasteiger charge is 2.25. The van der Waals surface area contributed by atoms with Crippen molar-refractivity contribution in [2.75, 3.05) is 13.1 Å². The number of halogens is 1. The van der Waals surface area contributed by atoms with Crippen molar-refractivity contribution in [2.45, 2.75) is 32.1 Å². The summed E-state index contributed by atoms with van der Waals surface area (Å²) in [4.78, 5) is 30.9. The molecule has 0 atom stereocenters. The van der Waals surface area contributed by atoms with E-state index in [2.05, 4.69) is 19.9 Å². The fraction of sp³-hybridized carbons (Fsp3) is 0.368. The summed E-state index contributed by atoms with van der Waals surface area (Å²) in [6.07, 6.45) is 3.95. The molecule has 7 heteroatoms. The molecule has 1 N–H and O–H groups in total. The molecule has 3 heterocycles. The Kier molecular flexibility index (Phi) is 4.59. The van der Waals surface area contributed by atoms with Gasteiger partial charge in [0.15, 0.2) is 0 Å². The minimum Gasteiger partial charge on any atom is -0.342 e. The van der Waals surface area contributed by atoms with Gasteiger partial charge in [0.1, 0.15) is 11.6 Å². The predicted octanol–water partition coefficient (Wildman–Crippen LogP) is 3.26. The standard InChI is InChI=1S/C19H20ClN5O/c1-12-21-7-4-15(22-12)13-5-8-25(9-6-13)19(26)11-18-23-16-3-2-14(20)10-17(16)24-18/h2-4,7,10,13H,5-6,8-9,11H2,1H3,(H,23,24). The Morgan fingerprint density at radius 2 is 2.08 bits per heavy atom. The molecule has 0 radical (unpaired) electrons. The van der Waals surface area contributed by atoms with Crippen molar-refractivity contribution in [1.82, 2.24) is 24.8 Å². The zero-order valence-electron chi connectivity index (χ0n) is 14.6. The number of aromatic nitrogens is 4. The summed E-state index contributed by atoms with van der Waals surface area (Å²) in [6.45, 7) is 3.40. The SMILES string of the molecule is Cc1nccc(C2CCN(C(=O)Cc3nc4ccc(Cl)cc4[nH]3)CC2)n1. The number of carbonyl (C=O) groups excluding carboxylic acids is 1. The Balaban J connectivity index is 1.38. The number of nitrogens with zero attached hydrogens (tertiary/aromatic N) is 4. The lowest BCUT2D eigenvalue weighted by atomic mass is 9.93. The van der Waals surface area contributed by atoms with Crippen LogP contribution in [-0.4, -0.2) is 43.8 Å². The number of rotatable bonds is 3. The maximum Gasteiger partial charge on any atom is 0.230 e. The van der Waals surface area contributed by atoms with E-state index < -0.39 is 0 Å². The maximum atomic E-state index is 12.6. The van der Waals surface area contributed by atoms with Crippen LogP contribution in [0.15, 0.2) is 30.5 Å². The predicted molar refractivity (Wildman–Crippen MR) is 100 cm³/mol. The number of benzene rings is 1. The second-order valence-electron chi connectivity index (χ2n) is 6.71. The highest BCUT2D eigenvalue weighted by atomic mass is 35.5. The molecule has 0 unspecified atom stereocenters. The molecular weight excluding hydrogens is 350 g/mol. The minimum atomic E-state index is 0.104. The molecule has 3 aromatic rings. The van der Waals surface area contributed by atoms with Gasteiger partial charge < -0.3 is 9.88 Å². The van der Waals surface area contributed by atoms with Crippen LogP contribution in [0.5, 0.6) is 0 Å². The van der Waals surface area contributed by atoms with Gasteiger partial charge >= 0.3 is 0 Å². The molecular formula is C19H20ClN5O. The van der Waals surface area contributed by atoms with E-state index >= 15 is 0 Å². The average Bonchev–Trinajstić information content (AvgIpc) is 3.03. The number of fused-ring (bicyclic) bond motifs is 1. The summed E-state index contributed by atoms with van der Waals surface area (Å²) in [7, 11) is 0. The van der Waals surface area contributed by atoms with Gasteiger partial charge in [-0.25, -0.2) is 15.0 Å². The number of nitrogens with one attached hydrogen (secondary N) is 1. The number of imidazole rings is 1. The van der Waals surface area contributed by atoms with Crippen LogP contribution in [-0.2, 0) is 11.2 Å². The molecule has 6 nitrogen and oxygen atoms in total. The van der Waals surface area contributed by atoms with E-state index in [4.69, 9.17) is 11.6 Å². The van der Waals surface area contributed by atoms with Gasteiger partial charge in [0, 0.05) is 35.9 Å². The van der Waals surface area contributed by atoms with E-state index in [0.717, 1.165) is 48.5 Å². The zero-order valence-corrected chi connectivity index (χ0v) is 15.3. The molecule has 26 heavy (non-hydrogen) atoms. The third kappa shape index (κ3) is 3.55. The molecule has 1 aliphatic rings. The van der Waals surface area contributed by atoms with Gasteiger partial charge in [-0.15, -0.1) is 0 Å². The lowest BCUT2D eigenvalue weighted by Crippen LogP contribution is -2.39. The van der Waals surface area contributed by atoms with Crippen molar-refractivity contribution in [3.8, 4) is 0 Å². The van der Waals surface area contributed by atoms with E-state index in [9.17, 15) is 4.79 Å². The molecule has 0 bridgehead atoms. The lowest BCUT2D eigenvalue weighted by molar-refractivity contribution is -0.131. The minimum absolute atomic E-state index is 0.104. The van der Waals surface area contributed by atoms with E-state index in [0.29, 0.717) is 16.8 Å². The molecule has 1 amide bonds. The molecule has 4 rings (SSSR count). The average molecular weight is 370 g/mol. The highest BCUT2D eigenvalue weighted by molar-refractivity contribution is 6.31. The first-order chi connectivity index (χ1) is 12.6. The number of likely N-dealkylation sites (tertiary alicyclic amines) is 1. The number of piperidine rings is 1. The number of amides is 1. The molecule has 1 aromatic carbocycles. The topological polar surface area (TPSA) is 74.8 Å². The number of aromatic amines is 1. The largest absolute Gasteiger partial charge is 0.342 e. The van der Waals surface area contributed by atoms with Crippen LogP contribution in [0, 0.1) is 6.92 Å². The number of H-pyrrole nitrogens is 1. The first kappa shape index (κ1) is 17.0. The smallest absolute Gasteiger partial charge is 0.230 e. The number of hydrogen-bond donors (Lipinski definition) is 1. The normalized spacial score (nSPS) is 15.5. The van der Waals surface area contributed by atoms with Crippen molar-refractivity contribution in [3.63, 3.8) is 0 Å². The third-order valence-corrected chi connectivity index (χ3v) is 5.11. The number of aryl methyl sites for hydroxylation is 1. The summed E-state index contributed by atoms with van der Waals surface area (Å²) in [5.41, 5.74) is 2.77. The van der Waals surface area contributed by atoms with Crippen LogP contribution < -0.4 is 0 Å². The Hall–Kier alpha value is -2.47. The Bertz CT molecular complexity index is 946. The van der Waals surface area contributed by atoms with Crippen molar-refractivity contribution in [1.29, 1.82) is 0 Å². The van der Waals surface area contributed by atoms with Gasteiger partial charge in [-0.05, 0) is 44.0 Å². The second kappa shape index (κ2) is 7.03. The van der Waals surface area contributed by atoms with Crippen LogP contribution in [0.2, 0.25) is 5.02 Å². The van der Waals surface area contributed by atoms with Gasteiger partial charge in [0.05, 0.1) is 17.5 Å². The van der Waals surface area contributed by atoms with Gasteiger partial charge in [-0.1, -0.05) is 11.6 Å². The fourth-order valence-electron chi connectivity index (χ4n) is 3.50. The van der Waals surface area contributed by atoms with Crippen LogP contribution >= 0.6 is 11.6 Å². The Morgan fingerprint density at radius 3 is 2.85 bits per heavy atom. The highest BCUT2D eigenvalue weighted by Crippen LogP contribution is 2.27. The lowest BCUT2D eigenvalue weighted by Gasteiger charge is -2.31. The fourth-order valence-corrected chi connectivity index (χ4v) is 3.67. The van der Waals surface area contributed by atoms with E-state index in [-0.39, 0.29) is 12.3 Å². The monoisotopic (exact) mass is 369 g/mol. The second-order valence-corrected chi connectivity index (χ2v) is 7.14. The van der Waals surface area contributed by atoms with E-state index in [1.165, 1.54) is 0 Å². The molecule has 134 valence electrons. The van der Waals surface area contributed by atoms with Gasteiger partial charge in [0.2, 0.25) is 5.91 Å². The summed E-state index contributed by atoms with van der Waals surface area (Å²) in [6, 6.07) is 7.47. The van der Waals surface area contributed by atoms with Crippen molar-refractivity contribution in [3.05, 3.63) is 52.8 Å². The molecule has 1 fully saturated rings. The molecule has 0 spiro atoms. The molecule has 2 aromatic heterocycles. The van der Waals surface area contributed by atoms with Crippen LogP contribution in [0.4, 0.5) is 0 Å². The van der Waals surface area contributed by atoms with Crippen LogP contribution in [0.1, 0.15) is 36.1 Å². The summed E-state index contributed by atoms with van der Waals surface area (Å²) >= 11 is 6.00. The van der Waals surface area contributed by atoms with E-state index in [1.54, 1.807) is 6.07 Å². The molecule has 1 aliphatic heterocycles. The Morgan fingerprint density at radius 1 is 1.27 bits per heavy atom. The summed E-state index contributed by atoms with van der Waals surface area (Å²) in [5, 5.41) is 0.654. The number of carbonyl (C=O) groups is 1. The van der Waals surface area contributed by atoms with Crippen LogP contribution in [0.25, 0.3) is 11.0 Å². The Labute approximate surface area is 156 Å². The first-order valence-corrected chi connectivity index (χ1v) is 9.18. The van der Waals surface area contributed by atoms with Crippen molar-refractivity contribution in [2.24, 2.45) is 0 Å². The quantitative estimate of drug-likeness (QED) is 0.768. The molecule has 1 saturated heterocycles. The van der Waals surface area contributed by atoms with Gasteiger partial charge in [-0.2, -0.15) is 0 Å². The molecule has 0 saturated carbocycles.